The number of aromatic nitrogens is 3. The fourth-order valence-corrected chi connectivity index (χ4v) is 2.71. The maximum absolute atomic E-state index is 11.9. The predicted octanol–water partition coefficient (Wildman–Crippen LogP) is 3.40. The van der Waals surface area contributed by atoms with Gasteiger partial charge < -0.3 is 9.47 Å². The normalized spacial score (nSPS) is 10.4. The van der Waals surface area contributed by atoms with Crippen molar-refractivity contribution in [1.82, 2.24) is 15.0 Å². The lowest BCUT2D eigenvalue weighted by Crippen LogP contribution is -2.06. The van der Waals surface area contributed by atoms with Gasteiger partial charge in [0.05, 0.1) is 48.1 Å². The van der Waals surface area contributed by atoms with E-state index < -0.39 is 11.9 Å². The number of hydrogen-bond donors (Lipinski definition) is 0. The average Bonchev–Trinajstić information content (AvgIpc) is 2.73. The van der Waals surface area contributed by atoms with Crippen LogP contribution in [0.3, 0.4) is 0 Å². The summed E-state index contributed by atoms with van der Waals surface area (Å²) in [5.41, 5.74) is 4.52. The van der Waals surface area contributed by atoms with E-state index in [-0.39, 0.29) is 0 Å². The molecule has 0 atom stereocenters. The first kappa shape index (κ1) is 19.2. The number of carbonyl (C=O) groups is 2. The maximum Gasteiger partial charge on any atom is 0.338 e. The number of methoxy groups -OCH3 is 2. The van der Waals surface area contributed by atoms with Crippen molar-refractivity contribution in [3.63, 3.8) is 0 Å². The van der Waals surface area contributed by atoms with Gasteiger partial charge in [-0.25, -0.2) is 14.6 Å². The third-order valence-corrected chi connectivity index (χ3v) is 4.29. The number of aryl methyl sites for hydroxylation is 2. The third-order valence-electron chi connectivity index (χ3n) is 4.29. The predicted molar refractivity (Wildman–Crippen MR) is 103 cm³/mol. The molecule has 142 valence electrons. The second-order valence-corrected chi connectivity index (χ2v) is 6.16. The monoisotopic (exact) mass is 377 g/mol. The van der Waals surface area contributed by atoms with Crippen molar-refractivity contribution < 1.29 is 19.1 Å². The van der Waals surface area contributed by atoms with E-state index in [1.54, 1.807) is 50.5 Å². The number of nitrogens with zero attached hydrogens (tertiary/aromatic N) is 3. The Morgan fingerprint density at radius 3 is 1.57 bits per heavy atom. The number of esters is 2. The number of ether oxygens (including phenoxy) is 2. The van der Waals surface area contributed by atoms with Gasteiger partial charge in [-0.1, -0.05) is 6.07 Å². The van der Waals surface area contributed by atoms with Gasteiger partial charge in [0.25, 0.3) is 0 Å². The van der Waals surface area contributed by atoms with Gasteiger partial charge >= 0.3 is 11.9 Å². The van der Waals surface area contributed by atoms with Crippen LogP contribution in [0.15, 0.2) is 42.7 Å². The highest BCUT2D eigenvalue weighted by Crippen LogP contribution is 2.23. The average molecular weight is 377 g/mol. The molecular formula is C21H19N3O4. The van der Waals surface area contributed by atoms with Crippen LogP contribution in [0.4, 0.5) is 0 Å². The van der Waals surface area contributed by atoms with Crippen LogP contribution in [0.2, 0.25) is 0 Å². The Balaban J connectivity index is 2.05. The molecule has 0 fully saturated rings. The maximum atomic E-state index is 11.9. The van der Waals surface area contributed by atoms with Crippen LogP contribution in [-0.4, -0.2) is 41.1 Å². The fraction of sp³-hybridized carbons (Fsp3) is 0.190. The van der Waals surface area contributed by atoms with Crippen molar-refractivity contribution in [2.24, 2.45) is 0 Å². The zero-order chi connectivity index (χ0) is 20.3. The summed E-state index contributed by atoms with van der Waals surface area (Å²) in [5, 5.41) is 0. The first-order valence-electron chi connectivity index (χ1n) is 8.52. The standard InChI is InChI=1S/C21H19N3O4/c1-12-10-22-18(8-14(12)20(25)27-3)16-6-5-7-17(24-16)19-9-15(21(26)28-4)13(2)11-23-19/h5-11H,1-4H3. The van der Waals surface area contributed by atoms with E-state index in [9.17, 15) is 9.59 Å². The lowest BCUT2D eigenvalue weighted by molar-refractivity contribution is 0.0591. The second kappa shape index (κ2) is 7.96. The Labute approximate surface area is 162 Å². The molecule has 28 heavy (non-hydrogen) atoms. The quantitative estimate of drug-likeness (QED) is 0.644. The molecule has 0 bridgehead atoms. The summed E-state index contributed by atoms with van der Waals surface area (Å²) in [6.07, 6.45) is 3.21. The van der Waals surface area contributed by atoms with Crippen LogP contribution in [-0.2, 0) is 9.47 Å². The topological polar surface area (TPSA) is 91.3 Å². The number of rotatable bonds is 4. The minimum absolute atomic E-state index is 0.430. The Morgan fingerprint density at radius 2 is 1.18 bits per heavy atom. The van der Waals surface area contributed by atoms with E-state index in [4.69, 9.17) is 9.47 Å². The first-order chi connectivity index (χ1) is 13.4. The molecule has 0 N–H and O–H groups in total. The third kappa shape index (κ3) is 3.73. The smallest absolute Gasteiger partial charge is 0.338 e. The Bertz CT molecular complexity index is 983. The molecule has 0 amide bonds. The van der Waals surface area contributed by atoms with Crippen LogP contribution in [0.25, 0.3) is 22.8 Å². The molecule has 0 saturated heterocycles. The molecule has 0 radical (unpaired) electrons. The van der Waals surface area contributed by atoms with Gasteiger partial charge in [0.15, 0.2) is 0 Å². The summed E-state index contributed by atoms with van der Waals surface area (Å²) in [6, 6.07) is 8.69. The largest absolute Gasteiger partial charge is 0.465 e. The molecule has 0 spiro atoms. The van der Waals surface area contributed by atoms with E-state index in [0.29, 0.717) is 33.9 Å². The van der Waals surface area contributed by atoms with Crippen molar-refractivity contribution in [3.8, 4) is 22.8 Å². The highest BCUT2D eigenvalue weighted by atomic mass is 16.5. The SMILES string of the molecule is COC(=O)c1cc(-c2cccc(-c3cc(C(=O)OC)c(C)cn3)n2)ncc1C. The second-order valence-electron chi connectivity index (χ2n) is 6.16. The molecule has 3 aromatic heterocycles. The first-order valence-corrected chi connectivity index (χ1v) is 8.52. The lowest BCUT2D eigenvalue weighted by Gasteiger charge is -2.09. The summed E-state index contributed by atoms with van der Waals surface area (Å²) in [7, 11) is 2.67. The summed E-state index contributed by atoms with van der Waals surface area (Å²) in [6.45, 7) is 3.58. The molecule has 0 saturated carbocycles. The van der Waals surface area contributed by atoms with Crippen LogP contribution in [0.1, 0.15) is 31.8 Å². The van der Waals surface area contributed by atoms with Crippen molar-refractivity contribution in [2.75, 3.05) is 14.2 Å². The van der Waals surface area contributed by atoms with Gasteiger partial charge in [0.2, 0.25) is 0 Å². The van der Waals surface area contributed by atoms with Gasteiger partial charge in [-0.15, -0.1) is 0 Å². The highest BCUT2D eigenvalue weighted by Gasteiger charge is 2.15. The van der Waals surface area contributed by atoms with E-state index in [1.807, 2.05) is 6.07 Å². The minimum Gasteiger partial charge on any atom is -0.465 e. The molecule has 7 heteroatoms. The van der Waals surface area contributed by atoms with Gasteiger partial charge in [-0.3, -0.25) is 9.97 Å². The van der Waals surface area contributed by atoms with Gasteiger partial charge in [-0.2, -0.15) is 0 Å². The molecule has 0 aliphatic heterocycles. The number of carbonyl (C=O) groups excluding carboxylic acids is 2. The molecule has 3 heterocycles. The van der Waals surface area contributed by atoms with E-state index in [1.165, 1.54) is 14.2 Å². The molecule has 3 aromatic rings. The van der Waals surface area contributed by atoms with Crippen molar-refractivity contribution in [1.29, 1.82) is 0 Å². The lowest BCUT2D eigenvalue weighted by atomic mass is 10.1. The van der Waals surface area contributed by atoms with Crippen LogP contribution >= 0.6 is 0 Å². The zero-order valence-corrected chi connectivity index (χ0v) is 16.0. The van der Waals surface area contributed by atoms with Crippen LogP contribution < -0.4 is 0 Å². The molecule has 0 aliphatic rings. The van der Waals surface area contributed by atoms with Gasteiger partial charge in [0.1, 0.15) is 0 Å². The molecule has 0 unspecified atom stereocenters. The van der Waals surface area contributed by atoms with Gasteiger partial charge in [0, 0.05) is 12.4 Å². The summed E-state index contributed by atoms with van der Waals surface area (Å²) in [4.78, 5) is 37.2. The summed E-state index contributed by atoms with van der Waals surface area (Å²) in [5.74, 6) is -0.861. The van der Waals surface area contributed by atoms with E-state index in [2.05, 4.69) is 15.0 Å². The Kier molecular flexibility index (Phi) is 5.44. The highest BCUT2D eigenvalue weighted by molar-refractivity contribution is 5.92. The number of hydrogen-bond acceptors (Lipinski definition) is 7. The Hall–Kier alpha value is -3.61. The van der Waals surface area contributed by atoms with Crippen LogP contribution in [0, 0.1) is 13.8 Å². The zero-order valence-electron chi connectivity index (χ0n) is 16.0. The van der Waals surface area contributed by atoms with Gasteiger partial charge in [-0.05, 0) is 49.2 Å². The Morgan fingerprint density at radius 1 is 0.750 bits per heavy atom. The van der Waals surface area contributed by atoms with E-state index in [0.717, 1.165) is 11.1 Å². The molecule has 0 aromatic carbocycles. The summed E-state index contributed by atoms with van der Waals surface area (Å²) >= 11 is 0. The number of pyridine rings is 3. The van der Waals surface area contributed by atoms with Crippen LogP contribution in [0.5, 0.6) is 0 Å². The molecule has 0 aliphatic carbocycles. The molecule has 3 rings (SSSR count). The minimum atomic E-state index is -0.430. The van der Waals surface area contributed by atoms with Crippen molar-refractivity contribution in [2.45, 2.75) is 13.8 Å². The summed E-state index contributed by atoms with van der Waals surface area (Å²) < 4.78 is 9.64. The fourth-order valence-electron chi connectivity index (χ4n) is 2.71. The van der Waals surface area contributed by atoms with Crippen molar-refractivity contribution in [3.05, 3.63) is 65.0 Å². The van der Waals surface area contributed by atoms with E-state index >= 15 is 0 Å². The molecule has 7 nitrogen and oxygen atoms in total. The molecular weight excluding hydrogens is 358 g/mol. The van der Waals surface area contributed by atoms with Crippen molar-refractivity contribution >= 4 is 11.9 Å².